The third-order valence-electron chi connectivity index (χ3n) is 3.13. The number of hydrogen-bond acceptors (Lipinski definition) is 4. The second-order valence-electron chi connectivity index (χ2n) is 5.58. The molecule has 1 heterocycles. The van der Waals surface area contributed by atoms with Crippen molar-refractivity contribution in [3.8, 4) is 0 Å². The molecule has 1 aliphatic heterocycles. The molecular formula is C10H22O2S2Si. The highest BCUT2D eigenvalue weighted by molar-refractivity contribution is 8.77. The van der Waals surface area contributed by atoms with E-state index in [2.05, 4.69) is 33.9 Å². The maximum absolute atomic E-state index is 9.58. The van der Waals surface area contributed by atoms with Crippen molar-refractivity contribution in [3.63, 3.8) is 0 Å². The molecule has 0 bridgehead atoms. The third kappa shape index (κ3) is 3.96. The molecule has 0 aromatic heterocycles. The summed E-state index contributed by atoms with van der Waals surface area (Å²) < 4.78 is 6.23. The molecule has 0 aromatic carbocycles. The van der Waals surface area contributed by atoms with Gasteiger partial charge in [0.25, 0.3) is 0 Å². The van der Waals surface area contributed by atoms with Crippen LogP contribution in [0.25, 0.3) is 0 Å². The van der Waals surface area contributed by atoms with Crippen molar-refractivity contribution in [2.24, 2.45) is 0 Å². The minimum atomic E-state index is -1.67. The highest BCUT2D eigenvalue weighted by Crippen LogP contribution is 2.43. The van der Waals surface area contributed by atoms with Gasteiger partial charge >= 0.3 is 0 Å². The van der Waals surface area contributed by atoms with Crippen molar-refractivity contribution in [1.29, 1.82) is 0 Å². The van der Waals surface area contributed by atoms with E-state index in [-0.39, 0.29) is 16.6 Å². The van der Waals surface area contributed by atoms with E-state index in [1.807, 2.05) is 0 Å². The Kier molecular flexibility index (Phi) is 4.63. The second kappa shape index (κ2) is 5.00. The molecular weight excluding hydrogens is 244 g/mol. The molecule has 1 N–H and O–H groups in total. The molecule has 1 saturated heterocycles. The second-order valence-corrected chi connectivity index (χ2v) is 12.9. The van der Waals surface area contributed by atoms with E-state index in [1.54, 1.807) is 21.6 Å². The van der Waals surface area contributed by atoms with Gasteiger partial charge in [-0.15, -0.1) is 0 Å². The normalized spacial score (nSPS) is 29.2. The van der Waals surface area contributed by atoms with Crippen LogP contribution in [0.4, 0.5) is 0 Å². The van der Waals surface area contributed by atoms with Crippen LogP contribution in [0.1, 0.15) is 27.2 Å². The molecule has 0 spiro atoms. The van der Waals surface area contributed by atoms with Gasteiger partial charge in [-0.25, -0.2) is 0 Å². The number of rotatable bonds is 2. The molecule has 5 heteroatoms. The van der Waals surface area contributed by atoms with Crippen LogP contribution in [-0.4, -0.2) is 30.7 Å². The zero-order chi connectivity index (χ0) is 11.7. The first-order valence-electron chi connectivity index (χ1n) is 5.36. The Balaban J connectivity index is 2.53. The van der Waals surface area contributed by atoms with Crippen molar-refractivity contribution in [2.75, 3.05) is 5.75 Å². The zero-order valence-corrected chi connectivity index (χ0v) is 12.9. The molecule has 0 radical (unpaired) electrons. The van der Waals surface area contributed by atoms with Crippen molar-refractivity contribution in [1.82, 2.24) is 0 Å². The minimum Gasteiger partial charge on any atom is -0.404 e. The fourth-order valence-corrected chi connectivity index (χ4v) is 5.66. The Hall–Kier alpha value is 0.837. The summed E-state index contributed by atoms with van der Waals surface area (Å²) >= 11 is 0. The summed E-state index contributed by atoms with van der Waals surface area (Å²) in [7, 11) is 1.84. The molecule has 0 aliphatic carbocycles. The minimum absolute atomic E-state index is 0.180. The lowest BCUT2D eigenvalue weighted by Crippen LogP contribution is -2.44. The van der Waals surface area contributed by atoms with E-state index < -0.39 is 8.32 Å². The average molecular weight is 267 g/mol. The van der Waals surface area contributed by atoms with Crippen LogP contribution >= 0.6 is 21.6 Å². The van der Waals surface area contributed by atoms with Gasteiger partial charge in [0.15, 0.2) is 8.32 Å². The van der Waals surface area contributed by atoms with Crippen LogP contribution in [0.3, 0.4) is 0 Å². The molecule has 0 saturated carbocycles. The predicted molar refractivity (Wildman–Crippen MR) is 72.7 cm³/mol. The summed E-state index contributed by atoms with van der Waals surface area (Å²) in [6, 6.07) is 0. The molecule has 90 valence electrons. The van der Waals surface area contributed by atoms with Gasteiger partial charge in [0.1, 0.15) is 5.44 Å². The molecule has 0 unspecified atom stereocenters. The van der Waals surface area contributed by atoms with E-state index in [0.717, 1.165) is 12.2 Å². The lowest BCUT2D eigenvalue weighted by Gasteiger charge is -2.40. The van der Waals surface area contributed by atoms with Crippen molar-refractivity contribution in [2.45, 2.75) is 56.9 Å². The summed E-state index contributed by atoms with van der Waals surface area (Å²) in [6.45, 7) is 11.3. The molecule has 1 rings (SSSR count). The summed E-state index contributed by atoms with van der Waals surface area (Å²) in [6.07, 6.45) is 0.593. The summed E-state index contributed by atoms with van der Waals surface area (Å²) in [5, 5.41) is 9.83. The van der Waals surface area contributed by atoms with Gasteiger partial charge < -0.3 is 9.53 Å². The molecule has 0 aromatic rings. The SMILES string of the molecule is CC(C)(C)[Si](C)(C)O[C@H]1C[C@@H](O)CSS1. The zero-order valence-electron chi connectivity index (χ0n) is 10.2. The van der Waals surface area contributed by atoms with Crippen molar-refractivity contribution in [3.05, 3.63) is 0 Å². The van der Waals surface area contributed by atoms with Gasteiger partial charge in [-0.05, 0) is 18.1 Å². The van der Waals surface area contributed by atoms with Crippen molar-refractivity contribution >= 4 is 29.9 Å². The van der Waals surface area contributed by atoms with Crippen LogP contribution in [0.2, 0.25) is 18.1 Å². The van der Waals surface area contributed by atoms with Crippen LogP contribution in [0.5, 0.6) is 0 Å². The Labute approximate surface area is 102 Å². The molecule has 1 fully saturated rings. The largest absolute Gasteiger partial charge is 0.404 e. The Morgan fingerprint density at radius 3 is 2.40 bits per heavy atom. The smallest absolute Gasteiger partial charge is 0.193 e. The van der Waals surface area contributed by atoms with E-state index in [1.165, 1.54) is 0 Å². The number of aliphatic hydroxyl groups excluding tert-OH is 1. The lowest BCUT2D eigenvalue weighted by molar-refractivity contribution is 0.140. The van der Waals surface area contributed by atoms with Crippen LogP contribution in [0.15, 0.2) is 0 Å². The average Bonchev–Trinajstić information content (AvgIpc) is 2.00. The van der Waals surface area contributed by atoms with E-state index in [4.69, 9.17) is 4.43 Å². The van der Waals surface area contributed by atoms with E-state index in [0.29, 0.717) is 0 Å². The fraction of sp³-hybridized carbons (Fsp3) is 1.00. The summed E-state index contributed by atoms with van der Waals surface area (Å²) in [5.74, 6) is 0.835. The fourth-order valence-electron chi connectivity index (χ4n) is 1.10. The first-order chi connectivity index (χ1) is 6.72. The van der Waals surface area contributed by atoms with Gasteiger partial charge in [-0.3, -0.25) is 0 Å². The first-order valence-corrected chi connectivity index (χ1v) is 10.7. The van der Waals surface area contributed by atoms with Crippen molar-refractivity contribution < 1.29 is 9.53 Å². The third-order valence-corrected chi connectivity index (χ3v) is 10.4. The molecule has 0 amide bonds. The highest BCUT2D eigenvalue weighted by Gasteiger charge is 2.40. The van der Waals surface area contributed by atoms with Gasteiger partial charge in [-0.1, -0.05) is 42.4 Å². The highest BCUT2D eigenvalue weighted by atomic mass is 33.1. The molecule has 1 aliphatic rings. The predicted octanol–water partition coefficient (Wildman–Crippen LogP) is 3.48. The Morgan fingerprint density at radius 1 is 1.33 bits per heavy atom. The van der Waals surface area contributed by atoms with Crippen LogP contribution < -0.4 is 0 Å². The summed E-state index contributed by atoms with van der Waals surface area (Å²) in [5.41, 5.74) is 0.180. The van der Waals surface area contributed by atoms with Gasteiger partial charge in [0.2, 0.25) is 0 Å². The summed E-state index contributed by atoms with van der Waals surface area (Å²) in [4.78, 5) is 0. The maximum atomic E-state index is 9.58. The Morgan fingerprint density at radius 2 is 1.93 bits per heavy atom. The number of aliphatic hydroxyl groups is 1. The first kappa shape index (κ1) is 13.9. The molecule has 15 heavy (non-hydrogen) atoms. The van der Waals surface area contributed by atoms with Gasteiger partial charge in [0.05, 0.1) is 6.10 Å². The van der Waals surface area contributed by atoms with Crippen LogP contribution in [-0.2, 0) is 4.43 Å². The molecule has 2 atom stereocenters. The maximum Gasteiger partial charge on any atom is 0.193 e. The standard InChI is InChI=1S/C10H22O2S2Si/c1-10(2,3)15(4,5)12-9-6-8(11)7-13-14-9/h8-9,11H,6-7H2,1-5H3/t8-,9-/m1/s1. The van der Waals surface area contributed by atoms with Crippen LogP contribution in [0, 0.1) is 0 Å². The lowest BCUT2D eigenvalue weighted by atomic mass is 10.2. The van der Waals surface area contributed by atoms with Gasteiger partial charge in [-0.2, -0.15) is 0 Å². The Bertz CT molecular complexity index is 216. The molecule has 2 nitrogen and oxygen atoms in total. The quantitative estimate of drug-likeness (QED) is 0.612. The van der Waals surface area contributed by atoms with E-state index >= 15 is 0 Å². The topological polar surface area (TPSA) is 29.5 Å². The monoisotopic (exact) mass is 266 g/mol. The number of hydrogen-bond donors (Lipinski definition) is 1. The van der Waals surface area contributed by atoms with E-state index in [9.17, 15) is 5.11 Å². The van der Waals surface area contributed by atoms with Gasteiger partial charge in [0, 0.05) is 12.2 Å².